The summed E-state index contributed by atoms with van der Waals surface area (Å²) in [5, 5.41) is 1.80. The minimum atomic E-state index is -3.69. The SMILES string of the molecule is CN(Cc1cscn1)S(=O)(=O)c1cc(Br)cnc1N. The number of rotatable bonds is 4. The highest BCUT2D eigenvalue weighted by Crippen LogP contribution is 2.24. The van der Waals surface area contributed by atoms with Crippen LogP contribution in [0.2, 0.25) is 0 Å². The van der Waals surface area contributed by atoms with E-state index in [0.717, 1.165) is 0 Å². The molecule has 0 unspecified atom stereocenters. The lowest BCUT2D eigenvalue weighted by Gasteiger charge is -2.17. The van der Waals surface area contributed by atoms with Gasteiger partial charge in [0.2, 0.25) is 10.0 Å². The molecule has 102 valence electrons. The topological polar surface area (TPSA) is 89.2 Å². The Morgan fingerprint density at radius 2 is 2.21 bits per heavy atom. The zero-order valence-electron chi connectivity index (χ0n) is 9.95. The maximum absolute atomic E-state index is 12.4. The van der Waals surface area contributed by atoms with E-state index in [1.807, 2.05) is 0 Å². The van der Waals surface area contributed by atoms with Crippen molar-refractivity contribution >= 4 is 43.1 Å². The maximum Gasteiger partial charge on any atom is 0.246 e. The first-order valence-corrected chi connectivity index (χ1v) is 8.33. The summed E-state index contributed by atoms with van der Waals surface area (Å²) in [5.41, 5.74) is 7.99. The Morgan fingerprint density at radius 1 is 1.47 bits per heavy atom. The summed E-state index contributed by atoms with van der Waals surface area (Å²) in [7, 11) is -2.21. The van der Waals surface area contributed by atoms with E-state index in [-0.39, 0.29) is 17.3 Å². The van der Waals surface area contributed by atoms with E-state index in [1.54, 1.807) is 10.9 Å². The molecule has 19 heavy (non-hydrogen) atoms. The second kappa shape index (κ2) is 5.53. The first-order chi connectivity index (χ1) is 8.91. The first-order valence-electron chi connectivity index (χ1n) is 5.15. The number of nitrogens with two attached hydrogens (primary N) is 1. The van der Waals surface area contributed by atoms with Crippen LogP contribution in [0.4, 0.5) is 5.82 Å². The smallest absolute Gasteiger partial charge is 0.246 e. The third kappa shape index (κ3) is 3.11. The summed E-state index contributed by atoms with van der Waals surface area (Å²) in [6.07, 6.45) is 1.45. The number of hydrogen-bond acceptors (Lipinski definition) is 6. The summed E-state index contributed by atoms with van der Waals surface area (Å²) in [6, 6.07) is 1.44. The molecule has 0 saturated carbocycles. The van der Waals surface area contributed by atoms with Crippen LogP contribution in [0, 0.1) is 0 Å². The molecule has 0 aliphatic carbocycles. The zero-order chi connectivity index (χ0) is 14.0. The quantitative estimate of drug-likeness (QED) is 0.893. The summed E-state index contributed by atoms with van der Waals surface area (Å²) >= 11 is 4.60. The van der Waals surface area contributed by atoms with Crippen molar-refractivity contribution in [2.75, 3.05) is 12.8 Å². The summed E-state index contributed by atoms with van der Waals surface area (Å²) in [6.45, 7) is 0.192. The number of halogens is 1. The summed E-state index contributed by atoms with van der Waals surface area (Å²) in [5.74, 6) is -0.0201. The minimum Gasteiger partial charge on any atom is -0.383 e. The molecule has 2 aromatic rings. The van der Waals surface area contributed by atoms with E-state index in [0.29, 0.717) is 10.2 Å². The Hall–Kier alpha value is -1.03. The Kier molecular flexibility index (Phi) is 4.19. The van der Waals surface area contributed by atoms with Crippen molar-refractivity contribution < 1.29 is 8.42 Å². The molecule has 0 saturated heterocycles. The third-order valence-corrected chi connectivity index (χ3v) is 5.31. The summed E-state index contributed by atoms with van der Waals surface area (Å²) in [4.78, 5) is 7.88. The molecule has 2 rings (SSSR count). The van der Waals surface area contributed by atoms with Gasteiger partial charge in [0.15, 0.2) is 0 Å². The van der Waals surface area contributed by atoms with Gasteiger partial charge in [-0.05, 0) is 22.0 Å². The van der Waals surface area contributed by atoms with Crippen molar-refractivity contribution in [1.29, 1.82) is 0 Å². The number of hydrogen-bond donors (Lipinski definition) is 1. The van der Waals surface area contributed by atoms with E-state index >= 15 is 0 Å². The van der Waals surface area contributed by atoms with Gasteiger partial charge in [-0.25, -0.2) is 18.4 Å². The lowest BCUT2D eigenvalue weighted by atomic mass is 10.5. The molecule has 0 aromatic carbocycles. The fourth-order valence-corrected chi connectivity index (χ4v) is 3.70. The largest absolute Gasteiger partial charge is 0.383 e. The van der Waals surface area contributed by atoms with Crippen LogP contribution in [0.1, 0.15) is 5.69 Å². The van der Waals surface area contributed by atoms with E-state index in [2.05, 4.69) is 25.9 Å². The molecule has 0 spiro atoms. The standard InChI is InChI=1S/C10H11BrN4O2S2/c1-15(4-8-5-18-6-14-8)19(16,17)9-2-7(11)3-13-10(9)12/h2-3,5-6H,4H2,1H3,(H2,12,13). The van der Waals surface area contributed by atoms with Gasteiger partial charge in [0, 0.05) is 23.1 Å². The molecule has 0 aliphatic rings. The lowest BCUT2D eigenvalue weighted by molar-refractivity contribution is 0.463. The van der Waals surface area contributed by atoms with Crippen molar-refractivity contribution in [3.8, 4) is 0 Å². The Bertz CT molecular complexity index is 673. The molecule has 2 heterocycles. The number of aromatic nitrogens is 2. The number of nitrogen functional groups attached to an aromatic ring is 1. The van der Waals surface area contributed by atoms with Gasteiger partial charge in [-0.1, -0.05) is 0 Å². The van der Waals surface area contributed by atoms with Gasteiger partial charge in [-0.2, -0.15) is 4.31 Å². The molecule has 2 aromatic heterocycles. The van der Waals surface area contributed by atoms with Crippen LogP contribution in [-0.2, 0) is 16.6 Å². The minimum absolute atomic E-state index is 0.0143. The van der Waals surface area contributed by atoms with Crippen LogP contribution >= 0.6 is 27.3 Å². The second-order valence-electron chi connectivity index (χ2n) is 3.78. The van der Waals surface area contributed by atoms with E-state index < -0.39 is 10.0 Å². The predicted molar refractivity (Wildman–Crippen MR) is 77.1 cm³/mol. The van der Waals surface area contributed by atoms with Crippen molar-refractivity contribution in [3.63, 3.8) is 0 Å². The average molecular weight is 363 g/mol. The molecule has 0 bridgehead atoms. The van der Waals surface area contributed by atoms with Crippen molar-refractivity contribution in [2.45, 2.75) is 11.4 Å². The lowest BCUT2D eigenvalue weighted by Crippen LogP contribution is -2.27. The van der Waals surface area contributed by atoms with Gasteiger partial charge >= 0.3 is 0 Å². The molecule has 0 amide bonds. The molecule has 0 atom stereocenters. The van der Waals surface area contributed by atoms with Gasteiger partial charge in [0.1, 0.15) is 10.7 Å². The van der Waals surface area contributed by atoms with Crippen LogP contribution in [-0.4, -0.2) is 29.7 Å². The normalized spacial score (nSPS) is 11.9. The van der Waals surface area contributed by atoms with Gasteiger partial charge in [-0.15, -0.1) is 11.3 Å². The van der Waals surface area contributed by atoms with E-state index in [4.69, 9.17) is 5.73 Å². The zero-order valence-corrected chi connectivity index (χ0v) is 13.2. The van der Waals surface area contributed by atoms with Gasteiger partial charge in [-0.3, -0.25) is 0 Å². The van der Waals surface area contributed by atoms with Crippen molar-refractivity contribution in [3.05, 3.63) is 33.3 Å². The molecule has 0 fully saturated rings. The highest BCUT2D eigenvalue weighted by molar-refractivity contribution is 9.10. The van der Waals surface area contributed by atoms with E-state index in [9.17, 15) is 8.42 Å². The van der Waals surface area contributed by atoms with Crippen LogP contribution in [0.3, 0.4) is 0 Å². The van der Waals surface area contributed by atoms with Gasteiger partial charge < -0.3 is 5.73 Å². The number of thiazole rings is 1. The predicted octanol–water partition coefficient (Wildman–Crippen LogP) is 1.70. The number of nitrogens with zero attached hydrogens (tertiary/aromatic N) is 3. The number of sulfonamides is 1. The molecule has 6 nitrogen and oxygen atoms in total. The third-order valence-electron chi connectivity index (χ3n) is 2.40. The summed E-state index contributed by atoms with van der Waals surface area (Å²) < 4.78 is 26.5. The van der Waals surface area contributed by atoms with E-state index in [1.165, 1.54) is 35.0 Å². The Balaban J connectivity index is 2.33. The fourth-order valence-electron chi connectivity index (χ4n) is 1.43. The number of pyridine rings is 1. The van der Waals surface area contributed by atoms with Gasteiger partial charge in [0.25, 0.3) is 0 Å². The van der Waals surface area contributed by atoms with Crippen LogP contribution in [0.5, 0.6) is 0 Å². The average Bonchev–Trinajstić information content (AvgIpc) is 2.85. The van der Waals surface area contributed by atoms with Crippen LogP contribution in [0.15, 0.2) is 32.5 Å². The molecular formula is C10H11BrN4O2S2. The monoisotopic (exact) mass is 362 g/mol. The molecule has 9 heteroatoms. The highest BCUT2D eigenvalue weighted by atomic mass is 79.9. The molecule has 0 aliphatic heterocycles. The first kappa shape index (κ1) is 14.4. The van der Waals surface area contributed by atoms with Crippen molar-refractivity contribution in [1.82, 2.24) is 14.3 Å². The van der Waals surface area contributed by atoms with Gasteiger partial charge in [0.05, 0.1) is 17.7 Å². The number of anilines is 1. The second-order valence-corrected chi connectivity index (χ2v) is 7.43. The molecule has 0 radical (unpaired) electrons. The van der Waals surface area contributed by atoms with Crippen LogP contribution < -0.4 is 5.73 Å². The Morgan fingerprint density at radius 3 is 2.84 bits per heavy atom. The highest BCUT2D eigenvalue weighted by Gasteiger charge is 2.24. The molecule has 2 N–H and O–H groups in total. The molecular weight excluding hydrogens is 352 g/mol. The maximum atomic E-state index is 12.4. The Labute approximate surface area is 123 Å². The fraction of sp³-hybridized carbons (Fsp3) is 0.200. The van der Waals surface area contributed by atoms with Crippen LogP contribution in [0.25, 0.3) is 0 Å². The van der Waals surface area contributed by atoms with Crippen molar-refractivity contribution in [2.24, 2.45) is 0 Å².